The Hall–Kier alpha value is -2.35. The quantitative estimate of drug-likeness (QED) is 0.780. The lowest BCUT2D eigenvalue weighted by molar-refractivity contribution is -0.124. The van der Waals surface area contributed by atoms with Crippen molar-refractivity contribution in [3.8, 4) is 6.07 Å². The van der Waals surface area contributed by atoms with Crippen LogP contribution in [0.4, 0.5) is 0 Å². The van der Waals surface area contributed by atoms with Crippen LogP contribution in [0.2, 0.25) is 0 Å². The molecule has 17 heavy (non-hydrogen) atoms. The highest BCUT2D eigenvalue weighted by Gasteiger charge is 2.09. The Bertz CT molecular complexity index is 446. The molecule has 5 nitrogen and oxygen atoms in total. The molecule has 1 amide bonds. The largest absolute Gasteiger partial charge is 0.452 e. The number of hydrogen-bond donors (Lipinski definition) is 1. The number of ether oxygens (including phenoxy) is 1. The van der Waals surface area contributed by atoms with Crippen LogP contribution < -0.4 is 5.32 Å². The van der Waals surface area contributed by atoms with E-state index in [9.17, 15) is 9.59 Å². The van der Waals surface area contributed by atoms with Crippen molar-refractivity contribution in [2.45, 2.75) is 6.92 Å². The first-order chi connectivity index (χ1) is 8.17. The van der Waals surface area contributed by atoms with Crippen molar-refractivity contribution in [1.82, 2.24) is 5.32 Å². The van der Waals surface area contributed by atoms with Crippen LogP contribution >= 0.6 is 0 Å². The maximum Gasteiger partial charge on any atom is 0.338 e. The number of hydrogen-bond acceptors (Lipinski definition) is 4. The number of carbonyl (C=O) groups excluding carboxylic acids is 2. The van der Waals surface area contributed by atoms with E-state index < -0.39 is 5.97 Å². The second-order valence-corrected chi connectivity index (χ2v) is 3.22. The number of carbonyl (C=O) groups is 2. The van der Waals surface area contributed by atoms with E-state index in [1.165, 1.54) is 24.3 Å². The zero-order valence-corrected chi connectivity index (χ0v) is 9.40. The third-order valence-corrected chi connectivity index (χ3v) is 1.96. The molecule has 5 heteroatoms. The van der Waals surface area contributed by atoms with Gasteiger partial charge >= 0.3 is 5.97 Å². The van der Waals surface area contributed by atoms with Crippen molar-refractivity contribution in [2.75, 3.05) is 13.2 Å². The molecular weight excluding hydrogens is 220 g/mol. The molecule has 0 bridgehead atoms. The van der Waals surface area contributed by atoms with Crippen LogP contribution in [0.1, 0.15) is 22.8 Å². The minimum Gasteiger partial charge on any atom is -0.452 e. The van der Waals surface area contributed by atoms with Crippen molar-refractivity contribution >= 4 is 11.9 Å². The molecule has 1 aromatic carbocycles. The highest BCUT2D eigenvalue weighted by molar-refractivity contribution is 5.91. The fourth-order valence-electron chi connectivity index (χ4n) is 1.14. The molecule has 0 aliphatic rings. The highest BCUT2D eigenvalue weighted by Crippen LogP contribution is 2.04. The zero-order valence-electron chi connectivity index (χ0n) is 9.40. The van der Waals surface area contributed by atoms with Crippen molar-refractivity contribution in [1.29, 1.82) is 5.26 Å². The van der Waals surface area contributed by atoms with Gasteiger partial charge in [0.25, 0.3) is 5.91 Å². The summed E-state index contributed by atoms with van der Waals surface area (Å²) in [5.74, 6) is -0.921. The Morgan fingerprint density at radius 1 is 1.35 bits per heavy atom. The summed E-state index contributed by atoms with van der Waals surface area (Å²) in [5, 5.41) is 11.1. The summed E-state index contributed by atoms with van der Waals surface area (Å²) in [6.45, 7) is 1.97. The van der Waals surface area contributed by atoms with Crippen LogP contribution in [0, 0.1) is 11.3 Å². The minimum absolute atomic E-state index is 0.299. The zero-order chi connectivity index (χ0) is 12.7. The average Bonchev–Trinajstić information content (AvgIpc) is 2.36. The van der Waals surface area contributed by atoms with Gasteiger partial charge in [0.05, 0.1) is 17.2 Å². The number of rotatable bonds is 4. The van der Waals surface area contributed by atoms with Crippen LogP contribution in [0.25, 0.3) is 0 Å². The van der Waals surface area contributed by atoms with Crippen molar-refractivity contribution in [3.05, 3.63) is 35.4 Å². The van der Waals surface area contributed by atoms with Gasteiger partial charge < -0.3 is 10.1 Å². The van der Waals surface area contributed by atoms with Gasteiger partial charge in [0.15, 0.2) is 6.61 Å². The normalized spacial score (nSPS) is 9.18. The van der Waals surface area contributed by atoms with Gasteiger partial charge in [-0.1, -0.05) is 0 Å². The van der Waals surface area contributed by atoms with Crippen molar-refractivity contribution in [2.24, 2.45) is 0 Å². The van der Waals surface area contributed by atoms with Crippen LogP contribution in [-0.2, 0) is 9.53 Å². The van der Waals surface area contributed by atoms with E-state index in [4.69, 9.17) is 10.00 Å². The van der Waals surface area contributed by atoms with Gasteiger partial charge in [-0.2, -0.15) is 5.26 Å². The van der Waals surface area contributed by atoms with Crippen LogP contribution in [0.15, 0.2) is 24.3 Å². The molecule has 0 fully saturated rings. The summed E-state index contributed by atoms with van der Waals surface area (Å²) in [6.07, 6.45) is 0. The number of nitrogens with zero attached hydrogens (tertiary/aromatic N) is 1. The van der Waals surface area contributed by atoms with Gasteiger partial charge in [-0.25, -0.2) is 4.79 Å². The maximum absolute atomic E-state index is 11.5. The number of likely N-dealkylation sites (N-methyl/N-ethyl adjacent to an activating group) is 1. The van der Waals surface area contributed by atoms with E-state index >= 15 is 0 Å². The average molecular weight is 232 g/mol. The lowest BCUT2D eigenvalue weighted by Gasteiger charge is -2.04. The topological polar surface area (TPSA) is 79.2 Å². The second-order valence-electron chi connectivity index (χ2n) is 3.22. The molecule has 1 rings (SSSR count). The maximum atomic E-state index is 11.5. The molecular formula is C12H12N2O3. The Balaban J connectivity index is 2.52. The molecule has 0 unspecified atom stereocenters. The highest BCUT2D eigenvalue weighted by atomic mass is 16.5. The Labute approximate surface area is 99.0 Å². The van der Waals surface area contributed by atoms with E-state index in [-0.39, 0.29) is 12.5 Å². The molecule has 0 saturated carbocycles. The molecule has 0 heterocycles. The number of nitriles is 1. The minimum atomic E-state index is -0.583. The summed E-state index contributed by atoms with van der Waals surface area (Å²) in [7, 11) is 0. The SMILES string of the molecule is CCNC(=O)COC(=O)c1ccc(C#N)cc1. The third-order valence-electron chi connectivity index (χ3n) is 1.96. The van der Waals surface area contributed by atoms with Gasteiger partial charge in [0.2, 0.25) is 0 Å². The van der Waals surface area contributed by atoms with E-state index in [0.29, 0.717) is 17.7 Å². The number of nitrogens with one attached hydrogen (secondary N) is 1. The third kappa shape index (κ3) is 3.95. The van der Waals surface area contributed by atoms with Gasteiger partial charge in [-0.15, -0.1) is 0 Å². The fraction of sp³-hybridized carbons (Fsp3) is 0.250. The van der Waals surface area contributed by atoms with E-state index in [1.54, 1.807) is 6.92 Å². The van der Waals surface area contributed by atoms with Gasteiger partial charge in [0, 0.05) is 6.54 Å². The van der Waals surface area contributed by atoms with Crippen LogP contribution in [-0.4, -0.2) is 25.0 Å². The second kappa shape index (κ2) is 6.28. The summed E-state index contributed by atoms with van der Waals surface area (Å²) >= 11 is 0. The van der Waals surface area contributed by atoms with Crippen molar-refractivity contribution < 1.29 is 14.3 Å². The molecule has 0 atom stereocenters. The van der Waals surface area contributed by atoms with Crippen molar-refractivity contribution in [3.63, 3.8) is 0 Å². The van der Waals surface area contributed by atoms with Gasteiger partial charge in [-0.05, 0) is 31.2 Å². The lowest BCUT2D eigenvalue weighted by atomic mass is 10.1. The Morgan fingerprint density at radius 3 is 2.53 bits per heavy atom. The molecule has 0 saturated heterocycles. The first-order valence-corrected chi connectivity index (χ1v) is 5.11. The first kappa shape index (κ1) is 12.7. The molecule has 1 aromatic rings. The Kier molecular flexibility index (Phi) is 4.70. The molecule has 0 spiro atoms. The van der Waals surface area contributed by atoms with Gasteiger partial charge in [0.1, 0.15) is 0 Å². The summed E-state index contributed by atoms with van der Waals surface area (Å²) < 4.78 is 4.78. The predicted molar refractivity (Wildman–Crippen MR) is 60.1 cm³/mol. The van der Waals surface area contributed by atoms with Gasteiger partial charge in [-0.3, -0.25) is 4.79 Å². The monoisotopic (exact) mass is 232 g/mol. The molecule has 0 aliphatic carbocycles. The van der Waals surface area contributed by atoms with Crippen LogP contribution in [0.5, 0.6) is 0 Å². The summed E-state index contributed by atoms with van der Waals surface area (Å²) in [5.41, 5.74) is 0.776. The smallest absolute Gasteiger partial charge is 0.338 e. The molecule has 1 N–H and O–H groups in total. The van der Waals surface area contributed by atoms with E-state index in [0.717, 1.165) is 0 Å². The number of amides is 1. The summed E-state index contributed by atoms with van der Waals surface area (Å²) in [6, 6.07) is 7.95. The summed E-state index contributed by atoms with van der Waals surface area (Å²) in [4.78, 5) is 22.5. The lowest BCUT2D eigenvalue weighted by Crippen LogP contribution is -2.28. The molecule has 0 aromatic heterocycles. The number of benzene rings is 1. The Morgan fingerprint density at radius 2 is 2.00 bits per heavy atom. The first-order valence-electron chi connectivity index (χ1n) is 5.11. The van der Waals surface area contributed by atoms with E-state index in [1.807, 2.05) is 6.07 Å². The van der Waals surface area contributed by atoms with E-state index in [2.05, 4.69) is 5.32 Å². The fourth-order valence-corrected chi connectivity index (χ4v) is 1.14. The standard InChI is InChI=1S/C12H12N2O3/c1-2-14-11(15)8-17-12(16)10-5-3-9(7-13)4-6-10/h3-6H,2,8H2,1H3,(H,14,15). The van der Waals surface area contributed by atoms with Crippen LogP contribution in [0.3, 0.4) is 0 Å². The number of esters is 1. The molecule has 88 valence electrons. The molecule has 0 radical (unpaired) electrons. The predicted octanol–water partition coefficient (Wildman–Crippen LogP) is 0.851. The molecule has 0 aliphatic heterocycles.